The van der Waals surface area contributed by atoms with Crippen LogP contribution in [0.3, 0.4) is 0 Å². The molecule has 8 heteroatoms. The summed E-state index contributed by atoms with van der Waals surface area (Å²) in [4.78, 5) is 14.9. The van der Waals surface area contributed by atoms with Crippen LogP contribution in [0.4, 0.5) is 26.0 Å². The van der Waals surface area contributed by atoms with E-state index in [0.29, 0.717) is 61.0 Å². The molecule has 1 atom stereocenters. The fourth-order valence-corrected chi connectivity index (χ4v) is 3.80. The Hall–Kier alpha value is -3.13. The molecule has 0 bridgehead atoms. The topological polar surface area (TPSA) is 66.7 Å². The van der Waals surface area contributed by atoms with Crippen molar-refractivity contribution in [3.8, 4) is 0 Å². The zero-order valence-corrected chi connectivity index (χ0v) is 17.5. The smallest absolute Gasteiger partial charge is 0.200 e. The van der Waals surface area contributed by atoms with Crippen molar-refractivity contribution >= 4 is 28.2 Å². The van der Waals surface area contributed by atoms with Crippen molar-refractivity contribution in [2.24, 2.45) is 0 Å². The highest BCUT2D eigenvalue weighted by atomic mass is 19.1. The van der Waals surface area contributed by atoms with Gasteiger partial charge in [-0.05, 0) is 38.1 Å². The highest BCUT2D eigenvalue weighted by molar-refractivity contribution is 5.85. The molecule has 0 amide bonds. The van der Waals surface area contributed by atoms with Gasteiger partial charge in [0, 0.05) is 48.7 Å². The van der Waals surface area contributed by atoms with Gasteiger partial charge in [-0.25, -0.2) is 8.78 Å². The molecule has 1 aliphatic heterocycles. The molecule has 0 aliphatic carbocycles. The first-order chi connectivity index (χ1) is 14.9. The number of hydrogen-bond donors (Lipinski definition) is 2. The predicted octanol–water partition coefficient (Wildman–Crippen LogP) is 4.51. The molecule has 1 unspecified atom stereocenters. The molecule has 6 nitrogen and oxygen atoms in total. The Kier molecular flexibility index (Phi) is 6.08. The first-order valence-electron chi connectivity index (χ1n) is 10.4. The number of halogens is 2. The number of benzene rings is 2. The monoisotopic (exact) mass is 429 g/mol. The van der Waals surface area contributed by atoms with Crippen molar-refractivity contribution < 1.29 is 17.9 Å². The molecule has 1 saturated heterocycles. The first kappa shape index (κ1) is 21.1. The standard InChI is InChI=1S/C23H25F2N3O3/c1-3-26-17-11-19(14(2)27-18-9-15(24)8-16(25)10-18)23-20(12-17)21(29)13-22(31-23)28-4-6-30-7-5-28/h8-14,26-27H,3-7H2,1-2H3. The van der Waals surface area contributed by atoms with Gasteiger partial charge in [0.1, 0.15) is 17.2 Å². The van der Waals surface area contributed by atoms with Crippen molar-refractivity contribution in [2.75, 3.05) is 48.4 Å². The van der Waals surface area contributed by atoms with Crippen LogP contribution in [0.2, 0.25) is 0 Å². The second-order valence-corrected chi connectivity index (χ2v) is 7.54. The van der Waals surface area contributed by atoms with E-state index in [1.165, 1.54) is 18.2 Å². The molecule has 2 heterocycles. The third-order valence-corrected chi connectivity index (χ3v) is 5.26. The van der Waals surface area contributed by atoms with Gasteiger partial charge in [0.05, 0.1) is 24.6 Å². The Morgan fingerprint density at radius 1 is 1.03 bits per heavy atom. The van der Waals surface area contributed by atoms with Crippen LogP contribution in [-0.2, 0) is 4.74 Å². The third kappa shape index (κ3) is 4.64. The lowest BCUT2D eigenvalue weighted by atomic mass is 10.0. The van der Waals surface area contributed by atoms with Crippen LogP contribution in [-0.4, -0.2) is 32.8 Å². The Labute approximate surface area is 178 Å². The first-order valence-corrected chi connectivity index (χ1v) is 10.4. The van der Waals surface area contributed by atoms with E-state index in [1.807, 2.05) is 24.8 Å². The average molecular weight is 429 g/mol. The summed E-state index contributed by atoms with van der Waals surface area (Å²) in [5, 5.41) is 6.79. The van der Waals surface area contributed by atoms with Gasteiger partial charge in [-0.2, -0.15) is 0 Å². The van der Waals surface area contributed by atoms with E-state index >= 15 is 0 Å². The second-order valence-electron chi connectivity index (χ2n) is 7.54. The number of ether oxygens (including phenoxy) is 1. The molecule has 1 aliphatic rings. The molecule has 2 aromatic carbocycles. The summed E-state index contributed by atoms with van der Waals surface area (Å²) in [5.74, 6) is -0.841. The molecule has 1 fully saturated rings. The average Bonchev–Trinajstić information content (AvgIpc) is 2.73. The molecule has 0 radical (unpaired) electrons. The van der Waals surface area contributed by atoms with Gasteiger partial charge in [-0.3, -0.25) is 4.79 Å². The Bertz CT molecular complexity index is 1120. The van der Waals surface area contributed by atoms with E-state index in [-0.39, 0.29) is 11.5 Å². The summed E-state index contributed by atoms with van der Waals surface area (Å²) < 4.78 is 38.9. The Morgan fingerprint density at radius 2 is 1.74 bits per heavy atom. The van der Waals surface area contributed by atoms with Crippen LogP contribution in [0.15, 0.2) is 45.6 Å². The van der Waals surface area contributed by atoms with Crippen molar-refractivity contribution in [3.63, 3.8) is 0 Å². The summed E-state index contributed by atoms with van der Waals surface area (Å²) >= 11 is 0. The minimum Gasteiger partial charge on any atom is -0.440 e. The Morgan fingerprint density at radius 3 is 2.42 bits per heavy atom. The molecular weight excluding hydrogens is 404 g/mol. The number of nitrogens with one attached hydrogen (secondary N) is 2. The van der Waals surface area contributed by atoms with Crippen molar-refractivity contribution in [2.45, 2.75) is 19.9 Å². The van der Waals surface area contributed by atoms with Crippen molar-refractivity contribution in [1.82, 2.24) is 0 Å². The molecule has 4 rings (SSSR count). The summed E-state index contributed by atoms with van der Waals surface area (Å²) in [7, 11) is 0. The molecule has 164 valence electrons. The number of fused-ring (bicyclic) bond motifs is 1. The highest BCUT2D eigenvalue weighted by Gasteiger charge is 2.20. The maximum atomic E-state index is 13.6. The van der Waals surface area contributed by atoms with Crippen LogP contribution < -0.4 is 21.0 Å². The highest BCUT2D eigenvalue weighted by Crippen LogP contribution is 2.32. The van der Waals surface area contributed by atoms with E-state index in [0.717, 1.165) is 11.8 Å². The summed E-state index contributed by atoms with van der Waals surface area (Å²) in [6.45, 7) is 6.90. The van der Waals surface area contributed by atoms with Gasteiger partial charge >= 0.3 is 0 Å². The molecule has 0 saturated carbocycles. The van der Waals surface area contributed by atoms with Crippen LogP contribution in [0, 0.1) is 11.6 Å². The van der Waals surface area contributed by atoms with Gasteiger partial charge in [-0.1, -0.05) is 0 Å². The van der Waals surface area contributed by atoms with Crippen LogP contribution >= 0.6 is 0 Å². The summed E-state index contributed by atoms with van der Waals surface area (Å²) in [5.41, 5.74) is 2.10. The summed E-state index contributed by atoms with van der Waals surface area (Å²) in [6, 6.07) is 8.07. The van der Waals surface area contributed by atoms with Crippen LogP contribution in [0.1, 0.15) is 25.5 Å². The zero-order valence-electron chi connectivity index (χ0n) is 17.5. The lowest BCUT2D eigenvalue weighted by molar-refractivity contribution is 0.121. The number of hydrogen-bond acceptors (Lipinski definition) is 6. The zero-order chi connectivity index (χ0) is 22.0. The van der Waals surface area contributed by atoms with Gasteiger partial charge in [0.15, 0.2) is 11.3 Å². The van der Waals surface area contributed by atoms with Gasteiger partial charge in [-0.15, -0.1) is 0 Å². The van der Waals surface area contributed by atoms with E-state index < -0.39 is 11.6 Å². The lowest BCUT2D eigenvalue weighted by Gasteiger charge is -2.27. The molecule has 1 aromatic heterocycles. The van der Waals surface area contributed by atoms with Crippen molar-refractivity contribution in [3.05, 3.63) is 63.8 Å². The van der Waals surface area contributed by atoms with Crippen LogP contribution in [0.5, 0.6) is 0 Å². The summed E-state index contributed by atoms with van der Waals surface area (Å²) in [6.07, 6.45) is 0. The molecule has 31 heavy (non-hydrogen) atoms. The Balaban J connectivity index is 1.80. The maximum absolute atomic E-state index is 13.6. The minimum atomic E-state index is -0.665. The number of nitrogens with zero attached hydrogens (tertiary/aromatic N) is 1. The van der Waals surface area contributed by atoms with Crippen LogP contribution in [0.25, 0.3) is 11.0 Å². The van der Waals surface area contributed by atoms with E-state index in [9.17, 15) is 13.6 Å². The lowest BCUT2D eigenvalue weighted by Crippen LogP contribution is -2.36. The molecule has 3 aromatic rings. The quantitative estimate of drug-likeness (QED) is 0.601. The van der Waals surface area contributed by atoms with E-state index in [2.05, 4.69) is 10.6 Å². The molecule has 0 spiro atoms. The van der Waals surface area contributed by atoms with Gasteiger partial charge in [0.25, 0.3) is 0 Å². The normalized spacial score (nSPS) is 15.2. The largest absolute Gasteiger partial charge is 0.440 e. The third-order valence-electron chi connectivity index (χ3n) is 5.26. The fourth-order valence-electron chi connectivity index (χ4n) is 3.80. The number of morpholine rings is 1. The fraction of sp³-hybridized carbons (Fsp3) is 0.348. The van der Waals surface area contributed by atoms with E-state index in [1.54, 1.807) is 6.07 Å². The second kappa shape index (κ2) is 8.93. The van der Waals surface area contributed by atoms with Gasteiger partial charge in [0.2, 0.25) is 0 Å². The molecule has 2 N–H and O–H groups in total. The number of rotatable bonds is 6. The predicted molar refractivity (Wildman–Crippen MR) is 118 cm³/mol. The number of anilines is 3. The minimum absolute atomic E-state index is 0.146. The van der Waals surface area contributed by atoms with Crippen molar-refractivity contribution in [1.29, 1.82) is 0 Å². The maximum Gasteiger partial charge on any atom is 0.200 e. The molecular formula is C23H25F2N3O3. The SMILES string of the molecule is CCNc1cc(C(C)Nc2cc(F)cc(F)c2)c2oc(N3CCOCC3)cc(=O)c2c1. The van der Waals surface area contributed by atoms with Gasteiger partial charge < -0.3 is 24.7 Å². The van der Waals surface area contributed by atoms with E-state index in [4.69, 9.17) is 9.15 Å².